The summed E-state index contributed by atoms with van der Waals surface area (Å²) in [5.74, 6) is 0.334. The Labute approximate surface area is 188 Å². The number of carbonyl (C=O) groups is 1. The van der Waals surface area contributed by atoms with Gasteiger partial charge in [0.2, 0.25) is 4.96 Å². The minimum absolute atomic E-state index is 0.164. The third-order valence-corrected chi connectivity index (χ3v) is 5.89. The van der Waals surface area contributed by atoms with Gasteiger partial charge in [0.1, 0.15) is 5.01 Å². The number of fused-ring (bicyclic) bond motifs is 1. The van der Waals surface area contributed by atoms with Gasteiger partial charge in [-0.1, -0.05) is 51.0 Å². The lowest BCUT2D eigenvalue weighted by atomic mass is 10.2. The molecule has 0 radical (unpaired) electrons. The Morgan fingerprint density at radius 1 is 1.24 bits per heavy atom. The van der Waals surface area contributed by atoms with E-state index >= 15 is 0 Å². The highest BCUT2D eigenvalue weighted by Gasteiger charge is 2.14. The Hall–Kier alpha value is -2.40. The molecule has 0 saturated heterocycles. The lowest BCUT2D eigenvalue weighted by molar-refractivity contribution is 0.0978. The standard InChI is InChI=1S/C18H12BrClN6OS2/c1-9-23-24-18-26(9)25-16(29-18)10-3-2-4-12(7-10)21-17(28)22-15(27)13-8-11(19)5-6-14(13)20/h2-8H,1H3,(H2,21,22,27,28). The summed E-state index contributed by atoms with van der Waals surface area (Å²) in [6.45, 7) is 1.85. The Balaban J connectivity index is 1.49. The van der Waals surface area contributed by atoms with E-state index in [1.165, 1.54) is 11.3 Å². The van der Waals surface area contributed by atoms with Crippen molar-refractivity contribution in [3.05, 3.63) is 63.3 Å². The molecule has 2 heterocycles. The molecule has 146 valence electrons. The summed E-state index contributed by atoms with van der Waals surface area (Å²) in [4.78, 5) is 13.2. The normalized spacial score (nSPS) is 10.9. The number of aryl methyl sites for hydroxylation is 1. The van der Waals surface area contributed by atoms with Crippen molar-refractivity contribution in [1.82, 2.24) is 25.1 Å². The summed E-state index contributed by atoms with van der Waals surface area (Å²) < 4.78 is 2.45. The molecule has 4 rings (SSSR count). The maximum absolute atomic E-state index is 12.4. The van der Waals surface area contributed by atoms with Crippen LogP contribution < -0.4 is 10.6 Å². The highest BCUT2D eigenvalue weighted by molar-refractivity contribution is 9.10. The predicted molar refractivity (Wildman–Crippen MR) is 122 cm³/mol. The molecule has 2 aromatic carbocycles. The second kappa shape index (κ2) is 8.15. The van der Waals surface area contributed by atoms with Crippen molar-refractivity contribution in [3.8, 4) is 10.6 Å². The molecular formula is C18H12BrClN6OS2. The van der Waals surface area contributed by atoms with Crippen LogP contribution in [-0.4, -0.2) is 30.8 Å². The van der Waals surface area contributed by atoms with Gasteiger partial charge in [-0.2, -0.15) is 9.61 Å². The van der Waals surface area contributed by atoms with Crippen LogP contribution in [0.1, 0.15) is 16.2 Å². The van der Waals surface area contributed by atoms with E-state index < -0.39 is 5.91 Å². The Morgan fingerprint density at radius 3 is 2.86 bits per heavy atom. The van der Waals surface area contributed by atoms with Gasteiger partial charge in [-0.3, -0.25) is 10.1 Å². The van der Waals surface area contributed by atoms with E-state index in [4.69, 9.17) is 23.8 Å². The van der Waals surface area contributed by atoms with E-state index in [0.717, 1.165) is 31.5 Å². The van der Waals surface area contributed by atoms with Crippen LogP contribution in [0, 0.1) is 6.92 Å². The van der Waals surface area contributed by atoms with E-state index in [0.29, 0.717) is 10.6 Å². The van der Waals surface area contributed by atoms with Gasteiger partial charge in [0.05, 0.1) is 10.6 Å². The third kappa shape index (κ3) is 4.30. The van der Waals surface area contributed by atoms with E-state index in [-0.39, 0.29) is 5.11 Å². The zero-order valence-electron chi connectivity index (χ0n) is 14.8. The van der Waals surface area contributed by atoms with Crippen molar-refractivity contribution in [2.75, 3.05) is 5.32 Å². The molecule has 0 aliphatic rings. The molecule has 7 nitrogen and oxygen atoms in total. The molecule has 2 aromatic heterocycles. The molecular weight excluding hydrogens is 496 g/mol. The highest BCUT2D eigenvalue weighted by atomic mass is 79.9. The molecule has 2 N–H and O–H groups in total. The molecule has 0 aliphatic heterocycles. The summed E-state index contributed by atoms with van der Waals surface area (Å²) in [5.41, 5.74) is 1.94. The maximum Gasteiger partial charge on any atom is 0.258 e. The molecule has 0 fully saturated rings. The maximum atomic E-state index is 12.4. The minimum Gasteiger partial charge on any atom is -0.332 e. The van der Waals surface area contributed by atoms with Gasteiger partial charge in [0.15, 0.2) is 10.9 Å². The second-order valence-corrected chi connectivity index (χ2v) is 8.65. The molecule has 0 bridgehead atoms. The number of nitrogens with zero attached hydrogens (tertiary/aromatic N) is 4. The van der Waals surface area contributed by atoms with Gasteiger partial charge in [0.25, 0.3) is 5.91 Å². The van der Waals surface area contributed by atoms with E-state index in [2.05, 4.69) is 41.9 Å². The second-order valence-electron chi connectivity index (χ2n) is 5.96. The first-order chi connectivity index (χ1) is 13.9. The highest BCUT2D eigenvalue weighted by Crippen LogP contribution is 2.27. The number of anilines is 1. The first-order valence-electron chi connectivity index (χ1n) is 8.27. The molecule has 0 saturated carbocycles. The van der Waals surface area contributed by atoms with Crippen LogP contribution in [0.2, 0.25) is 5.02 Å². The molecule has 0 aliphatic carbocycles. The zero-order chi connectivity index (χ0) is 20.5. The van der Waals surface area contributed by atoms with Crippen molar-refractivity contribution in [3.63, 3.8) is 0 Å². The summed E-state index contributed by atoms with van der Waals surface area (Å²) in [5, 5.41) is 19.6. The van der Waals surface area contributed by atoms with Crippen molar-refractivity contribution in [2.45, 2.75) is 6.92 Å². The Kier molecular flexibility index (Phi) is 5.59. The van der Waals surface area contributed by atoms with Gasteiger partial charge in [-0.05, 0) is 49.5 Å². The number of aromatic nitrogens is 4. The molecule has 0 spiro atoms. The number of benzene rings is 2. The Bertz CT molecular complexity index is 1250. The summed E-state index contributed by atoms with van der Waals surface area (Å²) >= 11 is 16.1. The number of thiocarbonyl (C=S) groups is 1. The minimum atomic E-state index is -0.394. The number of rotatable bonds is 3. The summed E-state index contributed by atoms with van der Waals surface area (Å²) in [6.07, 6.45) is 0. The molecule has 4 aromatic rings. The number of nitrogens with one attached hydrogen (secondary N) is 2. The summed E-state index contributed by atoms with van der Waals surface area (Å²) in [6, 6.07) is 12.6. The number of hydrogen-bond donors (Lipinski definition) is 2. The fourth-order valence-electron chi connectivity index (χ4n) is 2.57. The molecule has 1 amide bonds. The van der Waals surface area contributed by atoms with Crippen LogP contribution in [0.25, 0.3) is 15.5 Å². The van der Waals surface area contributed by atoms with Crippen LogP contribution in [0.4, 0.5) is 5.69 Å². The van der Waals surface area contributed by atoms with Crippen molar-refractivity contribution in [1.29, 1.82) is 0 Å². The average Bonchev–Trinajstić information content (AvgIpc) is 3.26. The Morgan fingerprint density at radius 2 is 2.07 bits per heavy atom. The van der Waals surface area contributed by atoms with Crippen molar-refractivity contribution < 1.29 is 4.79 Å². The fourth-order valence-corrected chi connectivity index (χ4v) is 4.22. The van der Waals surface area contributed by atoms with E-state index in [1.807, 2.05) is 31.2 Å². The fraction of sp³-hybridized carbons (Fsp3) is 0.0556. The van der Waals surface area contributed by atoms with Crippen molar-refractivity contribution in [2.24, 2.45) is 0 Å². The first kappa shape index (κ1) is 19.9. The summed E-state index contributed by atoms with van der Waals surface area (Å²) in [7, 11) is 0. The largest absolute Gasteiger partial charge is 0.332 e. The smallest absolute Gasteiger partial charge is 0.258 e. The molecule has 0 atom stereocenters. The van der Waals surface area contributed by atoms with E-state index in [1.54, 1.807) is 22.7 Å². The topological polar surface area (TPSA) is 84.2 Å². The van der Waals surface area contributed by atoms with Crippen LogP contribution in [0.5, 0.6) is 0 Å². The molecule has 11 heteroatoms. The number of halogens is 2. The van der Waals surface area contributed by atoms with Crippen LogP contribution in [0.3, 0.4) is 0 Å². The predicted octanol–water partition coefficient (Wildman–Crippen LogP) is 4.70. The third-order valence-electron chi connectivity index (χ3n) is 3.91. The van der Waals surface area contributed by atoms with Crippen LogP contribution in [0.15, 0.2) is 46.9 Å². The molecule has 29 heavy (non-hydrogen) atoms. The molecule has 0 unspecified atom stereocenters. The number of hydrogen-bond acceptors (Lipinski definition) is 6. The average molecular weight is 508 g/mol. The van der Waals surface area contributed by atoms with Gasteiger partial charge < -0.3 is 5.32 Å². The van der Waals surface area contributed by atoms with Crippen molar-refractivity contribution >= 4 is 72.8 Å². The van der Waals surface area contributed by atoms with E-state index in [9.17, 15) is 4.79 Å². The lowest BCUT2D eigenvalue weighted by Crippen LogP contribution is -2.34. The lowest BCUT2D eigenvalue weighted by Gasteiger charge is -2.11. The zero-order valence-corrected chi connectivity index (χ0v) is 18.8. The van der Waals surface area contributed by atoms with Gasteiger partial charge in [-0.15, -0.1) is 10.2 Å². The first-order valence-corrected chi connectivity index (χ1v) is 10.7. The monoisotopic (exact) mass is 506 g/mol. The van der Waals surface area contributed by atoms with Gasteiger partial charge in [0, 0.05) is 15.7 Å². The SMILES string of the molecule is Cc1nnc2sc(-c3cccc(NC(=S)NC(=O)c4cc(Br)ccc4Cl)c3)nn12. The van der Waals surface area contributed by atoms with Gasteiger partial charge >= 0.3 is 0 Å². The quantitative estimate of drug-likeness (QED) is 0.391. The van der Waals surface area contributed by atoms with Crippen LogP contribution >= 0.6 is 51.1 Å². The van der Waals surface area contributed by atoms with Crippen LogP contribution in [-0.2, 0) is 0 Å². The van der Waals surface area contributed by atoms with Gasteiger partial charge in [-0.25, -0.2) is 0 Å². The number of amides is 1. The number of carbonyl (C=O) groups excluding carboxylic acids is 1.